The summed E-state index contributed by atoms with van der Waals surface area (Å²) in [5.41, 5.74) is -3.32. The van der Waals surface area contributed by atoms with Crippen LogP contribution in [0, 0.1) is 0 Å². The molecule has 0 radical (unpaired) electrons. The molecule has 0 fully saturated rings. The van der Waals surface area contributed by atoms with E-state index in [9.17, 15) is 18.3 Å². The van der Waals surface area contributed by atoms with Gasteiger partial charge in [-0.1, -0.05) is 50.3 Å². The minimum Gasteiger partial charge on any atom is -0.378 e. The zero-order valence-corrected chi connectivity index (χ0v) is 18.1. The predicted octanol–water partition coefficient (Wildman–Crippen LogP) is 7.00. The summed E-state index contributed by atoms with van der Waals surface area (Å²) in [4.78, 5) is 0. The molecule has 160 valence electrons. The molecule has 29 heavy (non-hydrogen) atoms. The van der Waals surface area contributed by atoms with Gasteiger partial charge in [-0.05, 0) is 74.6 Å². The molecule has 0 aromatic heterocycles. The van der Waals surface area contributed by atoms with Crippen molar-refractivity contribution in [3.8, 4) is 0 Å². The maximum Gasteiger partial charge on any atom is 0.419 e. The number of aliphatic hydroxyl groups is 1. The van der Waals surface area contributed by atoms with Crippen LogP contribution in [0.3, 0.4) is 0 Å². The van der Waals surface area contributed by atoms with Crippen LogP contribution in [0.5, 0.6) is 0 Å². The maximum atomic E-state index is 13.6. The van der Waals surface area contributed by atoms with Gasteiger partial charge in [0.1, 0.15) is 5.60 Å². The Morgan fingerprint density at radius 2 is 1.59 bits per heavy atom. The van der Waals surface area contributed by atoms with E-state index in [0.29, 0.717) is 12.8 Å². The van der Waals surface area contributed by atoms with Gasteiger partial charge in [0.2, 0.25) is 0 Å². The fourth-order valence-corrected chi connectivity index (χ4v) is 3.69. The molecule has 0 amide bonds. The summed E-state index contributed by atoms with van der Waals surface area (Å²) in [5.74, 6) is 0. The Labute approximate surface area is 171 Å². The molecule has 0 aliphatic rings. The minimum absolute atomic E-state index is 0.449. The molecule has 0 spiro atoms. The molecule has 0 saturated heterocycles. The lowest BCUT2D eigenvalue weighted by molar-refractivity contribution is -0.331. The molecular formula is C24H31F3O2. The van der Waals surface area contributed by atoms with Crippen LogP contribution in [0.4, 0.5) is 13.2 Å². The Morgan fingerprint density at radius 3 is 2.07 bits per heavy atom. The first-order valence-electron chi connectivity index (χ1n) is 9.91. The van der Waals surface area contributed by atoms with E-state index >= 15 is 0 Å². The van der Waals surface area contributed by atoms with Crippen LogP contribution in [-0.2, 0) is 10.3 Å². The highest BCUT2D eigenvalue weighted by Crippen LogP contribution is 2.47. The van der Waals surface area contributed by atoms with Gasteiger partial charge in [-0.3, -0.25) is 0 Å². The van der Waals surface area contributed by atoms with Crippen molar-refractivity contribution in [3.63, 3.8) is 0 Å². The molecule has 5 heteroatoms. The first-order chi connectivity index (χ1) is 13.2. The van der Waals surface area contributed by atoms with Gasteiger partial charge in [0, 0.05) is 0 Å². The predicted molar refractivity (Wildman–Crippen MR) is 113 cm³/mol. The third-order valence-corrected chi connectivity index (χ3v) is 6.16. The standard InChI is InChI=1S/C24H31F3O2/c1-8-23(9-2,29-21(5,6)22(7,28)24(25,26)27)20-15-18(16(3)4)14-17-12-10-11-13-19(17)20/h10-15,28H,3,8-9H2,1-2,4-7H3. The van der Waals surface area contributed by atoms with E-state index in [1.54, 1.807) is 0 Å². The van der Waals surface area contributed by atoms with Crippen molar-refractivity contribution < 1.29 is 23.0 Å². The lowest BCUT2D eigenvalue weighted by Gasteiger charge is -2.47. The van der Waals surface area contributed by atoms with Gasteiger partial charge in [-0.15, -0.1) is 0 Å². The number of allylic oxidation sites excluding steroid dienone is 1. The zero-order valence-electron chi connectivity index (χ0n) is 18.1. The summed E-state index contributed by atoms with van der Waals surface area (Å²) in [6.45, 7) is 13.1. The Morgan fingerprint density at radius 1 is 1.03 bits per heavy atom. The Balaban J connectivity index is 2.75. The number of benzene rings is 2. The minimum atomic E-state index is -4.83. The third kappa shape index (κ3) is 4.08. The Hall–Kier alpha value is -1.85. The maximum absolute atomic E-state index is 13.6. The average Bonchev–Trinajstić information content (AvgIpc) is 2.64. The van der Waals surface area contributed by atoms with Crippen LogP contribution < -0.4 is 0 Å². The van der Waals surface area contributed by atoms with Gasteiger partial charge in [0.25, 0.3) is 0 Å². The molecule has 2 rings (SSSR count). The number of rotatable bonds is 7. The van der Waals surface area contributed by atoms with Crippen molar-refractivity contribution in [2.24, 2.45) is 0 Å². The van der Waals surface area contributed by atoms with Gasteiger partial charge in [-0.2, -0.15) is 13.2 Å². The summed E-state index contributed by atoms with van der Waals surface area (Å²) >= 11 is 0. The molecule has 2 aromatic carbocycles. The molecule has 2 aromatic rings. The number of fused-ring (bicyclic) bond motifs is 1. The van der Waals surface area contributed by atoms with E-state index in [1.165, 1.54) is 13.8 Å². The lowest BCUT2D eigenvalue weighted by Crippen LogP contribution is -2.61. The van der Waals surface area contributed by atoms with E-state index in [-0.39, 0.29) is 0 Å². The van der Waals surface area contributed by atoms with Crippen LogP contribution in [0.25, 0.3) is 16.3 Å². The summed E-state index contributed by atoms with van der Waals surface area (Å²) in [6.07, 6.45) is -3.93. The summed E-state index contributed by atoms with van der Waals surface area (Å²) in [7, 11) is 0. The molecule has 0 aliphatic heterocycles. The summed E-state index contributed by atoms with van der Waals surface area (Å²) in [6, 6.07) is 11.7. The zero-order chi connectivity index (χ0) is 22.3. The van der Waals surface area contributed by atoms with E-state index in [1.807, 2.05) is 57.2 Å². The fraction of sp³-hybridized carbons (Fsp3) is 0.500. The van der Waals surface area contributed by atoms with Gasteiger partial charge in [-0.25, -0.2) is 0 Å². The molecule has 1 atom stereocenters. The van der Waals surface area contributed by atoms with E-state index in [0.717, 1.165) is 34.4 Å². The number of hydrogen-bond donors (Lipinski definition) is 1. The van der Waals surface area contributed by atoms with Crippen molar-refractivity contribution in [1.29, 1.82) is 0 Å². The second-order valence-corrected chi connectivity index (χ2v) is 8.41. The van der Waals surface area contributed by atoms with Gasteiger partial charge in [0.05, 0.1) is 5.60 Å². The van der Waals surface area contributed by atoms with Crippen molar-refractivity contribution in [1.82, 2.24) is 0 Å². The average molecular weight is 409 g/mol. The highest BCUT2D eigenvalue weighted by atomic mass is 19.4. The van der Waals surface area contributed by atoms with E-state index < -0.39 is 23.0 Å². The van der Waals surface area contributed by atoms with Crippen molar-refractivity contribution in [3.05, 3.63) is 54.1 Å². The quantitative estimate of drug-likeness (QED) is 0.535. The van der Waals surface area contributed by atoms with Crippen molar-refractivity contribution in [2.75, 3.05) is 0 Å². The number of ether oxygens (including phenoxy) is 1. The second-order valence-electron chi connectivity index (χ2n) is 8.41. The topological polar surface area (TPSA) is 29.5 Å². The third-order valence-electron chi connectivity index (χ3n) is 6.16. The molecule has 1 unspecified atom stereocenters. The van der Waals surface area contributed by atoms with Crippen LogP contribution >= 0.6 is 0 Å². The first-order valence-corrected chi connectivity index (χ1v) is 9.91. The highest BCUT2D eigenvalue weighted by molar-refractivity contribution is 5.89. The van der Waals surface area contributed by atoms with Crippen LogP contribution in [0.1, 0.15) is 65.5 Å². The monoisotopic (exact) mass is 408 g/mol. The molecule has 0 bridgehead atoms. The van der Waals surface area contributed by atoms with E-state index in [4.69, 9.17) is 4.74 Å². The SMILES string of the molecule is C=C(C)c1cc(C(CC)(CC)OC(C)(C)C(C)(O)C(F)(F)F)c2ccccc2c1. The van der Waals surface area contributed by atoms with Crippen LogP contribution in [0.15, 0.2) is 43.0 Å². The number of alkyl halides is 3. The van der Waals surface area contributed by atoms with Crippen LogP contribution in [0.2, 0.25) is 0 Å². The smallest absolute Gasteiger partial charge is 0.378 e. The van der Waals surface area contributed by atoms with Crippen molar-refractivity contribution >= 4 is 16.3 Å². The fourth-order valence-electron chi connectivity index (χ4n) is 3.69. The largest absolute Gasteiger partial charge is 0.419 e. The molecule has 0 aliphatic carbocycles. The normalized spacial score (nSPS) is 15.4. The van der Waals surface area contributed by atoms with Crippen LogP contribution in [-0.4, -0.2) is 22.5 Å². The molecule has 0 saturated carbocycles. The lowest BCUT2D eigenvalue weighted by atomic mass is 9.80. The van der Waals surface area contributed by atoms with Gasteiger partial charge < -0.3 is 9.84 Å². The molecule has 1 N–H and O–H groups in total. The summed E-state index contributed by atoms with van der Waals surface area (Å²) in [5, 5.41) is 12.3. The Bertz CT molecular complexity index is 891. The second kappa shape index (κ2) is 7.77. The molecule has 2 nitrogen and oxygen atoms in total. The van der Waals surface area contributed by atoms with Crippen molar-refractivity contribution in [2.45, 2.75) is 77.4 Å². The number of halogens is 3. The van der Waals surface area contributed by atoms with Gasteiger partial charge in [0.15, 0.2) is 5.60 Å². The summed E-state index contributed by atoms with van der Waals surface area (Å²) < 4.78 is 47.0. The number of hydrogen-bond acceptors (Lipinski definition) is 2. The van der Waals surface area contributed by atoms with Gasteiger partial charge >= 0.3 is 6.18 Å². The Kier molecular flexibility index (Phi) is 6.27. The first kappa shape index (κ1) is 23.4. The highest BCUT2D eigenvalue weighted by Gasteiger charge is 2.61. The van der Waals surface area contributed by atoms with E-state index in [2.05, 4.69) is 6.58 Å². The molecular weight excluding hydrogens is 377 g/mol. The molecule has 0 heterocycles.